The number of amides is 1. The van der Waals surface area contributed by atoms with Crippen LogP contribution in [0.3, 0.4) is 0 Å². The van der Waals surface area contributed by atoms with Crippen molar-refractivity contribution in [3.63, 3.8) is 0 Å². The van der Waals surface area contributed by atoms with Gasteiger partial charge in [0.2, 0.25) is 0 Å². The number of benzene rings is 2. The summed E-state index contributed by atoms with van der Waals surface area (Å²) in [7, 11) is 0. The summed E-state index contributed by atoms with van der Waals surface area (Å²) >= 11 is 0. The van der Waals surface area contributed by atoms with Gasteiger partial charge >= 0.3 is 12.1 Å². The molecule has 0 aromatic heterocycles. The molecule has 2 fully saturated rings. The van der Waals surface area contributed by atoms with E-state index in [4.69, 9.17) is 15.2 Å². The zero-order chi connectivity index (χ0) is 26.5. The molecule has 2 aliphatic rings. The molecule has 2 aromatic carbocycles. The molecular formula is C26H30F3N4O3+. The Morgan fingerprint density at radius 3 is 2.31 bits per heavy atom. The Balaban J connectivity index is 0.000000454. The van der Waals surface area contributed by atoms with Gasteiger partial charge in [-0.2, -0.15) is 18.4 Å². The lowest BCUT2D eigenvalue weighted by atomic mass is 10.0. The van der Waals surface area contributed by atoms with Gasteiger partial charge in [0, 0.05) is 55.7 Å². The summed E-state index contributed by atoms with van der Waals surface area (Å²) in [5.41, 5.74) is 4.42. The molecule has 4 rings (SSSR count). The zero-order valence-corrected chi connectivity index (χ0v) is 20.2. The molecule has 36 heavy (non-hydrogen) atoms. The van der Waals surface area contributed by atoms with Crippen molar-refractivity contribution in [1.29, 1.82) is 5.26 Å². The first-order valence-corrected chi connectivity index (χ1v) is 11.8. The van der Waals surface area contributed by atoms with E-state index in [1.165, 1.54) is 31.5 Å². The minimum Gasteiger partial charge on any atom is -0.475 e. The maximum Gasteiger partial charge on any atom is 0.490 e. The van der Waals surface area contributed by atoms with E-state index in [1.54, 1.807) is 24.3 Å². The fraction of sp³-hybridized carbons (Fsp3) is 0.423. The number of nitrogens with zero attached hydrogens (tertiary/aromatic N) is 2. The lowest BCUT2D eigenvalue weighted by Gasteiger charge is -2.43. The lowest BCUT2D eigenvalue weighted by molar-refractivity contribution is -0.192. The minimum atomic E-state index is -5.08. The molecule has 1 amide bonds. The van der Waals surface area contributed by atoms with Crippen LogP contribution in [0.2, 0.25) is 0 Å². The van der Waals surface area contributed by atoms with Crippen molar-refractivity contribution in [2.24, 2.45) is 0 Å². The van der Waals surface area contributed by atoms with Crippen LogP contribution in [0, 0.1) is 18.3 Å². The number of alkyl halides is 3. The van der Waals surface area contributed by atoms with Crippen molar-refractivity contribution in [1.82, 2.24) is 9.80 Å². The van der Waals surface area contributed by atoms with Crippen molar-refractivity contribution in [3.05, 3.63) is 59.2 Å². The molecule has 2 heterocycles. The number of nitrogens with one attached hydrogen (secondary N) is 2. The van der Waals surface area contributed by atoms with Crippen LogP contribution in [-0.4, -0.2) is 54.9 Å². The second-order valence-electron chi connectivity index (χ2n) is 9.24. The average Bonchev–Trinajstić information content (AvgIpc) is 3.51. The Kier molecular flexibility index (Phi) is 8.38. The molecule has 2 aromatic rings. The van der Waals surface area contributed by atoms with E-state index in [1.807, 2.05) is 0 Å². The van der Waals surface area contributed by atoms with Crippen LogP contribution < -0.4 is 15.1 Å². The molecule has 0 bridgehead atoms. The first-order valence-electron chi connectivity index (χ1n) is 11.8. The van der Waals surface area contributed by atoms with Gasteiger partial charge < -0.3 is 15.7 Å². The zero-order valence-electron chi connectivity index (χ0n) is 20.2. The van der Waals surface area contributed by atoms with Gasteiger partial charge in [-0.25, -0.2) is 4.79 Å². The summed E-state index contributed by atoms with van der Waals surface area (Å²) in [5, 5.41) is 22.6. The third-order valence-electron chi connectivity index (χ3n) is 7.08. The number of carbonyl (C=O) groups excluding carboxylic acids is 1. The van der Waals surface area contributed by atoms with Crippen LogP contribution in [0.5, 0.6) is 0 Å². The number of hydrogen-bond acceptors (Lipinski definition) is 4. The number of aryl methyl sites for hydroxylation is 1. The van der Waals surface area contributed by atoms with Gasteiger partial charge in [-0.3, -0.25) is 9.28 Å². The number of carboxylic acid groups (broad SMARTS) is 1. The van der Waals surface area contributed by atoms with Crippen LogP contribution in [0.15, 0.2) is 42.5 Å². The Labute approximate surface area is 208 Å². The summed E-state index contributed by atoms with van der Waals surface area (Å²) in [6.07, 6.45) is -1.32. The minimum absolute atomic E-state index is 0.149. The highest BCUT2D eigenvalue weighted by atomic mass is 19.4. The van der Waals surface area contributed by atoms with Crippen LogP contribution in [0.1, 0.15) is 47.7 Å². The van der Waals surface area contributed by atoms with Crippen LogP contribution in [0.4, 0.5) is 24.5 Å². The number of aliphatic carboxylic acids is 1. The van der Waals surface area contributed by atoms with Gasteiger partial charge in [-0.15, -0.1) is 0 Å². The average molecular weight is 504 g/mol. The number of halogens is 3. The fourth-order valence-corrected chi connectivity index (χ4v) is 5.21. The van der Waals surface area contributed by atoms with E-state index in [0.29, 0.717) is 23.2 Å². The molecule has 2 saturated heterocycles. The second-order valence-corrected chi connectivity index (χ2v) is 9.24. The summed E-state index contributed by atoms with van der Waals surface area (Å²) in [5.74, 6) is -2.91. The van der Waals surface area contributed by atoms with E-state index in [0.717, 1.165) is 28.8 Å². The number of quaternary nitrogens is 1. The molecule has 2 aliphatic heterocycles. The Morgan fingerprint density at radius 2 is 1.83 bits per heavy atom. The van der Waals surface area contributed by atoms with E-state index in [9.17, 15) is 18.0 Å². The van der Waals surface area contributed by atoms with Crippen LogP contribution in [0.25, 0.3) is 0 Å². The Hall–Kier alpha value is -3.42. The highest BCUT2D eigenvalue weighted by Gasteiger charge is 2.48. The maximum atomic E-state index is 12.6. The second kappa shape index (κ2) is 11.1. The van der Waals surface area contributed by atoms with Crippen molar-refractivity contribution in [2.75, 3.05) is 25.0 Å². The molecule has 0 radical (unpaired) electrons. The van der Waals surface area contributed by atoms with Gasteiger partial charge in [0.05, 0.1) is 24.2 Å². The van der Waals surface area contributed by atoms with Gasteiger partial charge in [0.15, 0.2) is 0 Å². The van der Waals surface area contributed by atoms with Gasteiger partial charge in [-0.05, 0) is 49.7 Å². The largest absolute Gasteiger partial charge is 0.490 e. The normalized spacial score (nSPS) is 23.3. The molecular weight excluding hydrogens is 473 g/mol. The summed E-state index contributed by atoms with van der Waals surface area (Å²) < 4.78 is 32.8. The summed E-state index contributed by atoms with van der Waals surface area (Å²) in [6, 6.07) is 16.6. The van der Waals surface area contributed by atoms with Crippen LogP contribution in [-0.2, 0) is 4.79 Å². The SMILES string of the molecule is Cc1cc([N+]2(C3CCNC3)CCCC2C)ccc1NC(=O)c1ccc(C#N)cc1.O=C(O)C(F)(F)F. The Morgan fingerprint density at radius 1 is 1.17 bits per heavy atom. The molecule has 3 atom stereocenters. The van der Waals surface area contributed by atoms with E-state index in [2.05, 4.69) is 48.7 Å². The van der Waals surface area contributed by atoms with Gasteiger partial charge in [0.1, 0.15) is 11.7 Å². The topological polar surface area (TPSA) is 102 Å². The Bertz CT molecular complexity index is 1140. The van der Waals surface area contributed by atoms with E-state index >= 15 is 0 Å². The van der Waals surface area contributed by atoms with Crippen molar-refractivity contribution < 1.29 is 27.9 Å². The predicted molar refractivity (Wildman–Crippen MR) is 131 cm³/mol. The van der Waals surface area contributed by atoms with Crippen molar-refractivity contribution in [2.45, 2.75) is 51.4 Å². The van der Waals surface area contributed by atoms with E-state index < -0.39 is 12.1 Å². The molecule has 3 N–H and O–H groups in total. The number of carboxylic acids is 1. The smallest absolute Gasteiger partial charge is 0.475 e. The predicted octanol–water partition coefficient (Wildman–Crippen LogP) is 4.60. The highest BCUT2D eigenvalue weighted by Crippen LogP contribution is 2.40. The first kappa shape index (κ1) is 27.2. The first-order chi connectivity index (χ1) is 17.0. The summed E-state index contributed by atoms with van der Waals surface area (Å²) in [6.45, 7) is 7.85. The molecule has 0 aliphatic carbocycles. The number of carbonyl (C=O) groups is 2. The van der Waals surface area contributed by atoms with Crippen molar-refractivity contribution >= 4 is 23.3 Å². The molecule has 192 valence electrons. The number of anilines is 1. The third-order valence-corrected chi connectivity index (χ3v) is 7.08. The number of nitriles is 1. The summed E-state index contributed by atoms with van der Waals surface area (Å²) in [4.78, 5) is 21.5. The maximum absolute atomic E-state index is 12.6. The number of hydrogen-bond donors (Lipinski definition) is 3. The lowest BCUT2D eigenvalue weighted by Crippen LogP contribution is -2.59. The third kappa shape index (κ3) is 5.86. The van der Waals surface area contributed by atoms with Gasteiger partial charge in [-0.1, -0.05) is 0 Å². The van der Waals surface area contributed by atoms with E-state index in [-0.39, 0.29) is 5.91 Å². The molecule has 0 saturated carbocycles. The van der Waals surface area contributed by atoms with Crippen molar-refractivity contribution in [3.8, 4) is 6.07 Å². The van der Waals surface area contributed by atoms with Crippen LogP contribution >= 0.6 is 0 Å². The number of likely N-dealkylation sites (tertiary alicyclic amines) is 1. The standard InChI is InChI=1S/C24H28N4O.C2HF3O2/c1-17-14-21(28(13-3-4-18(28)2)22-11-12-26-16-22)9-10-23(17)27-24(29)20-7-5-19(15-25)6-8-20;3-2(4,5)1(6)7/h5-10,14,18,22,26H,3-4,11-13,16H2,1-2H3;(H,6,7)/p+1. The fourth-order valence-electron chi connectivity index (χ4n) is 5.21. The number of rotatable bonds is 4. The molecule has 3 unspecified atom stereocenters. The quantitative estimate of drug-likeness (QED) is 0.529. The van der Waals surface area contributed by atoms with Gasteiger partial charge in [0.25, 0.3) is 5.91 Å². The molecule has 7 nitrogen and oxygen atoms in total. The molecule has 10 heteroatoms. The monoisotopic (exact) mass is 503 g/mol. The highest BCUT2D eigenvalue weighted by molar-refractivity contribution is 6.04. The molecule has 0 spiro atoms.